The van der Waals surface area contributed by atoms with Gasteiger partial charge in [0.15, 0.2) is 9.84 Å². The number of hydrogen-bond acceptors (Lipinski definition) is 4. The first kappa shape index (κ1) is 14.8. The fraction of sp³-hybridized carbons (Fsp3) is 0.923. The largest absolute Gasteiger partial charge is 0.338 e. The van der Waals surface area contributed by atoms with Gasteiger partial charge in [0.05, 0.1) is 11.5 Å². The Morgan fingerprint density at radius 2 is 2.16 bits per heavy atom. The average molecular weight is 288 g/mol. The van der Waals surface area contributed by atoms with Crippen LogP contribution in [-0.4, -0.2) is 56.4 Å². The third-order valence-electron chi connectivity index (χ3n) is 4.05. The highest BCUT2D eigenvalue weighted by Crippen LogP contribution is 2.23. The van der Waals surface area contributed by atoms with Gasteiger partial charge in [-0.1, -0.05) is 6.92 Å². The Balaban J connectivity index is 1.92. The summed E-state index contributed by atoms with van der Waals surface area (Å²) in [6.45, 7) is 4.69. The van der Waals surface area contributed by atoms with Crippen LogP contribution in [0.15, 0.2) is 0 Å². The molecule has 2 aliphatic heterocycles. The summed E-state index contributed by atoms with van der Waals surface area (Å²) in [5.41, 5.74) is 0. The molecule has 5 nitrogen and oxygen atoms in total. The minimum atomic E-state index is -2.88. The molecule has 1 amide bonds. The van der Waals surface area contributed by atoms with E-state index >= 15 is 0 Å². The number of carbonyl (C=O) groups excluding carboxylic acids is 1. The molecule has 6 heteroatoms. The number of rotatable bonds is 5. The van der Waals surface area contributed by atoms with Gasteiger partial charge in [0.1, 0.15) is 0 Å². The fourth-order valence-electron chi connectivity index (χ4n) is 3.05. The van der Waals surface area contributed by atoms with Crippen LogP contribution >= 0.6 is 0 Å². The van der Waals surface area contributed by atoms with Crippen molar-refractivity contribution >= 4 is 15.7 Å². The Bertz CT molecular complexity index is 416. The lowest BCUT2D eigenvalue weighted by atomic mass is 10.0. The van der Waals surface area contributed by atoms with E-state index in [-0.39, 0.29) is 23.3 Å². The second-order valence-electron chi connectivity index (χ2n) is 5.71. The van der Waals surface area contributed by atoms with Gasteiger partial charge < -0.3 is 10.2 Å². The summed E-state index contributed by atoms with van der Waals surface area (Å²) >= 11 is 0. The van der Waals surface area contributed by atoms with Crippen LogP contribution in [0.5, 0.6) is 0 Å². The first-order valence-electron chi connectivity index (χ1n) is 7.22. The standard InChI is InChI=1S/C13H24N2O3S/c1-2-6-15(12-3-5-14-9-12)13(16)8-11-4-7-19(17,18)10-11/h11-12,14H,2-10H2,1H3. The van der Waals surface area contributed by atoms with Crippen molar-refractivity contribution in [3.05, 3.63) is 0 Å². The highest BCUT2D eigenvalue weighted by atomic mass is 32.2. The highest BCUT2D eigenvalue weighted by molar-refractivity contribution is 7.91. The molecule has 0 aromatic rings. The molecule has 2 aliphatic rings. The molecule has 0 aromatic carbocycles. The van der Waals surface area contributed by atoms with E-state index in [1.165, 1.54) is 0 Å². The van der Waals surface area contributed by atoms with Gasteiger partial charge in [0, 0.05) is 25.6 Å². The third-order valence-corrected chi connectivity index (χ3v) is 5.89. The minimum absolute atomic E-state index is 0.0335. The highest BCUT2D eigenvalue weighted by Gasteiger charge is 2.32. The minimum Gasteiger partial charge on any atom is -0.338 e. The van der Waals surface area contributed by atoms with Crippen molar-refractivity contribution < 1.29 is 13.2 Å². The number of amides is 1. The number of nitrogens with zero attached hydrogens (tertiary/aromatic N) is 1. The molecule has 110 valence electrons. The molecule has 2 unspecified atom stereocenters. The molecular formula is C13H24N2O3S. The summed E-state index contributed by atoms with van der Waals surface area (Å²) in [5.74, 6) is 0.620. The third kappa shape index (κ3) is 3.92. The monoisotopic (exact) mass is 288 g/mol. The van der Waals surface area contributed by atoms with Gasteiger partial charge in [0.2, 0.25) is 5.91 Å². The van der Waals surface area contributed by atoms with E-state index in [1.54, 1.807) is 0 Å². The van der Waals surface area contributed by atoms with Gasteiger partial charge in [-0.25, -0.2) is 8.42 Å². The van der Waals surface area contributed by atoms with E-state index in [0.29, 0.717) is 18.9 Å². The van der Waals surface area contributed by atoms with Crippen molar-refractivity contribution in [2.75, 3.05) is 31.1 Å². The molecular weight excluding hydrogens is 264 g/mol. The molecule has 0 saturated carbocycles. The predicted molar refractivity (Wildman–Crippen MR) is 74.7 cm³/mol. The molecule has 19 heavy (non-hydrogen) atoms. The molecule has 1 N–H and O–H groups in total. The lowest BCUT2D eigenvalue weighted by Crippen LogP contribution is -2.42. The zero-order valence-electron chi connectivity index (χ0n) is 11.6. The van der Waals surface area contributed by atoms with Crippen LogP contribution in [0.1, 0.15) is 32.6 Å². The SMILES string of the molecule is CCCN(C(=O)CC1CCS(=O)(=O)C1)C1CCNC1. The molecule has 2 saturated heterocycles. The summed E-state index contributed by atoms with van der Waals surface area (Å²) in [6, 6.07) is 0.297. The number of nitrogens with one attached hydrogen (secondary N) is 1. The summed E-state index contributed by atoms with van der Waals surface area (Å²) in [6.07, 6.45) is 3.01. The van der Waals surface area contributed by atoms with Crippen LogP contribution in [0.4, 0.5) is 0 Å². The summed E-state index contributed by atoms with van der Waals surface area (Å²) < 4.78 is 22.9. The average Bonchev–Trinajstić information content (AvgIpc) is 2.95. The maximum Gasteiger partial charge on any atom is 0.223 e. The quantitative estimate of drug-likeness (QED) is 0.796. The van der Waals surface area contributed by atoms with Crippen LogP contribution in [0.2, 0.25) is 0 Å². The van der Waals surface area contributed by atoms with Crippen molar-refractivity contribution in [1.82, 2.24) is 10.2 Å². The van der Waals surface area contributed by atoms with Crippen LogP contribution in [0.3, 0.4) is 0 Å². The summed E-state index contributed by atoms with van der Waals surface area (Å²) in [4.78, 5) is 14.4. The fourth-order valence-corrected chi connectivity index (χ4v) is 4.92. The lowest BCUT2D eigenvalue weighted by molar-refractivity contribution is -0.134. The summed E-state index contributed by atoms with van der Waals surface area (Å²) in [7, 11) is -2.88. The zero-order valence-corrected chi connectivity index (χ0v) is 12.4. The number of carbonyl (C=O) groups is 1. The van der Waals surface area contributed by atoms with Crippen LogP contribution in [0.25, 0.3) is 0 Å². The smallest absolute Gasteiger partial charge is 0.223 e. The van der Waals surface area contributed by atoms with Gasteiger partial charge >= 0.3 is 0 Å². The van der Waals surface area contributed by atoms with Gasteiger partial charge in [0.25, 0.3) is 0 Å². The summed E-state index contributed by atoms with van der Waals surface area (Å²) in [5, 5.41) is 3.28. The van der Waals surface area contributed by atoms with E-state index in [2.05, 4.69) is 12.2 Å². The van der Waals surface area contributed by atoms with Crippen molar-refractivity contribution in [1.29, 1.82) is 0 Å². The molecule has 2 heterocycles. The Morgan fingerprint density at radius 3 is 2.68 bits per heavy atom. The van der Waals surface area contributed by atoms with E-state index < -0.39 is 9.84 Å². The topological polar surface area (TPSA) is 66.5 Å². The van der Waals surface area contributed by atoms with E-state index in [4.69, 9.17) is 0 Å². The second kappa shape index (κ2) is 6.22. The van der Waals surface area contributed by atoms with Crippen LogP contribution in [0, 0.1) is 5.92 Å². The van der Waals surface area contributed by atoms with Crippen molar-refractivity contribution in [3.63, 3.8) is 0 Å². The van der Waals surface area contributed by atoms with Gasteiger partial charge in [-0.05, 0) is 31.7 Å². The molecule has 0 spiro atoms. The van der Waals surface area contributed by atoms with Gasteiger partial charge in [-0.2, -0.15) is 0 Å². The van der Waals surface area contributed by atoms with Gasteiger partial charge in [-0.15, -0.1) is 0 Å². The molecule has 2 rings (SSSR count). The van der Waals surface area contributed by atoms with E-state index in [1.807, 2.05) is 4.90 Å². The first-order valence-corrected chi connectivity index (χ1v) is 9.04. The maximum absolute atomic E-state index is 12.4. The molecule has 2 atom stereocenters. The molecule has 0 radical (unpaired) electrons. The number of hydrogen-bond donors (Lipinski definition) is 1. The Hall–Kier alpha value is -0.620. The maximum atomic E-state index is 12.4. The van der Waals surface area contributed by atoms with E-state index in [0.717, 1.165) is 32.5 Å². The van der Waals surface area contributed by atoms with Crippen molar-refractivity contribution in [2.45, 2.75) is 38.6 Å². The molecule has 2 fully saturated rings. The van der Waals surface area contributed by atoms with Gasteiger partial charge in [-0.3, -0.25) is 4.79 Å². The Morgan fingerprint density at radius 1 is 1.37 bits per heavy atom. The predicted octanol–water partition coefficient (Wildman–Crippen LogP) is 0.412. The second-order valence-corrected chi connectivity index (χ2v) is 7.94. The molecule has 0 aliphatic carbocycles. The zero-order chi connectivity index (χ0) is 13.9. The van der Waals surface area contributed by atoms with E-state index in [9.17, 15) is 13.2 Å². The Labute approximate surface area is 115 Å². The van der Waals surface area contributed by atoms with Crippen molar-refractivity contribution in [2.24, 2.45) is 5.92 Å². The lowest BCUT2D eigenvalue weighted by Gasteiger charge is -2.29. The molecule has 0 bridgehead atoms. The van der Waals surface area contributed by atoms with Crippen LogP contribution < -0.4 is 5.32 Å². The van der Waals surface area contributed by atoms with Crippen molar-refractivity contribution in [3.8, 4) is 0 Å². The Kier molecular flexibility index (Phi) is 4.84. The molecule has 0 aromatic heterocycles. The van der Waals surface area contributed by atoms with Crippen LogP contribution in [-0.2, 0) is 14.6 Å². The normalized spacial score (nSPS) is 29.5. The first-order chi connectivity index (χ1) is 9.02. The number of sulfone groups is 1.